The number of carbonyl (C=O) groups is 1. The molecule has 29 heavy (non-hydrogen) atoms. The Hall–Kier alpha value is -3.15. The van der Waals surface area contributed by atoms with E-state index in [1.165, 1.54) is 35.1 Å². The number of nitrogens with one attached hydrogen (secondary N) is 1. The maximum Gasteiger partial charge on any atom is 0.275 e. The van der Waals surface area contributed by atoms with Gasteiger partial charge in [0.25, 0.3) is 11.3 Å². The Morgan fingerprint density at radius 1 is 1.17 bits per heavy atom. The van der Waals surface area contributed by atoms with E-state index in [4.69, 9.17) is 0 Å². The molecule has 1 aliphatic carbocycles. The van der Waals surface area contributed by atoms with Crippen LogP contribution >= 0.6 is 0 Å². The van der Waals surface area contributed by atoms with Crippen LogP contribution in [0.4, 0.5) is 0 Å². The first-order valence-electron chi connectivity index (χ1n) is 9.96. The molecule has 1 aliphatic rings. The minimum absolute atomic E-state index is 0.145. The summed E-state index contributed by atoms with van der Waals surface area (Å²) in [7, 11) is 1.44. The van der Waals surface area contributed by atoms with Crippen molar-refractivity contribution in [3.05, 3.63) is 69.6 Å². The summed E-state index contributed by atoms with van der Waals surface area (Å²) in [4.78, 5) is 24.1. The lowest BCUT2D eigenvalue weighted by molar-refractivity contribution is 0.0953. The van der Waals surface area contributed by atoms with E-state index >= 15 is 0 Å². The summed E-state index contributed by atoms with van der Waals surface area (Å²) < 4.78 is 1.55. The molecular formula is C23H25N3O3. The van der Waals surface area contributed by atoms with Crippen LogP contribution in [0.5, 0.6) is 5.75 Å². The zero-order valence-corrected chi connectivity index (χ0v) is 16.7. The highest BCUT2D eigenvalue weighted by molar-refractivity contribution is 5.92. The second kappa shape index (κ2) is 7.35. The summed E-state index contributed by atoms with van der Waals surface area (Å²) in [5, 5.41) is 19.1. The fourth-order valence-electron chi connectivity index (χ4n) is 4.47. The molecule has 1 aromatic heterocycles. The van der Waals surface area contributed by atoms with Gasteiger partial charge in [0.1, 0.15) is 0 Å². The van der Waals surface area contributed by atoms with Crippen molar-refractivity contribution in [2.75, 3.05) is 7.05 Å². The highest BCUT2D eigenvalue weighted by atomic mass is 16.3. The third-order valence-corrected chi connectivity index (χ3v) is 6.02. The topological polar surface area (TPSA) is 84.2 Å². The molecule has 0 spiro atoms. The fraction of sp³-hybridized carbons (Fsp3) is 0.348. The molecule has 1 heterocycles. The van der Waals surface area contributed by atoms with E-state index in [1.54, 1.807) is 4.68 Å². The molecule has 0 atom stereocenters. The fourth-order valence-corrected chi connectivity index (χ4v) is 4.47. The van der Waals surface area contributed by atoms with Gasteiger partial charge < -0.3 is 10.4 Å². The standard InChI is InChI=1S/C23H25N3O3/c1-15-5-6-17-12-18(8-7-16(17)11-15)23(9-3-4-10-23)14-26-13-19(27)21(28)20(25-26)22(29)24-2/h5-8,11-13,27H,3-4,9-10,14H2,1-2H3,(H,24,29). The maximum absolute atomic E-state index is 12.1. The summed E-state index contributed by atoms with van der Waals surface area (Å²) in [5.74, 6) is -1.05. The van der Waals surface area contributed by atoms with Crippen LogP contribution in [0, 0.1) is 6.92 Å². The number of aromatic hydroxyl groups is 1. The van der Waals surface area contributed by atoms with Crippen LogP contribution in [-0.4, -0.2) is 27.8 Å². The van der Waals surface area contributed by atoms with E-state index in [2.05, 4.69) is 53.7 Å². The number of aryl methyl sites for hydroxylation is 1. The van der Waals surface area contributed by atoms with E-state index in [-0.39, 0.29) is 11.1 Å². The van der Waals surface area contributed by atoms with Crippen molar-refractivity contribution >= 4 is 16.7 Å². The predicted octanol–water partition coefficient (Wildman–Crippen LogP) is 3.28. The summed E-state index contributed by atoms with van der Waals surface area (Å²) in [5.41, 5.74) is 1.29. The highest BCUT2D eigenvalue weighted by Crippen LogP contribution is 2.43. The predicted molar refractivity (Wildman–Crippen MR) is 112 cm³/mol. The Balaban J connectivity index is 1.77. The number of hydrogen-bond donors (Lipinski definition) is 2. The lowest BCUT2D eigenvalue weighted by atomic mass is 9.78. The molecule has 6 nitrogen and oxygen atoms in total. The maximum atomic E-state index is 12.1. The van der Waals surface area contributed by atoms with Crippen LogP contribution in [0.25, 0.3) is 10.8 Å². The van der Waals surface area contributed by atoms with Crippen molar-refractivity contribution in [2.24, 2.45) is 0 Å². The molecule has 4 rings (SSSR count). The van der Waals surface area contributed by atoms with Gasteiger partial charge in [0.2, 0.25) is 0 Å². The van der Waals surface area contributed by atoms with Gasteiger partial charge in [-0.05, 0) is 36.1 Å². The van der Waals surface area contributed by atoms with Crippen molar-refractivity contribution in [3.63, 3.8) is 0 Å². The first-order chi connectivity index (χ1) is 13.9. The molecule has 0 aliphatic heterocycles. The van der Waals surface area contributed by atoms with Crippen molar-refractivity contribution in [1.82, 2.24) is 15.1 Å². The quantitative estimate of drug-likeness (QED) is 0.715. The smallest absolute Gasteiger partial charge is 0.275 e. The summed E-state index contributed by atoms with van der Waals surface area (Å²) >= 11 is 0. The average Bonchev–Trinajstić information content (AvgIpc) is 3.19. The van der Waals surface area contributed by atoms with E-state index in [0.29, 0.717) is 6.54 Å². The molecule has 0 saturated heterocycles. The van der Waals surface area contributed by atoms with Crippen LogP contribution < -0.4 is 10.7 Å². The number of hydrogen-bond acceptors (Lipinski definition) is 4. The van der Waals surface area contributed by atoms with Gasteiger partial charge in [0.15, 0.2) is 11.4 Å². The Labute approximate surface area is 169 Å². The Kier molecular flexibility index (Phi) is 4.86. The van der Waals surface area contributed by atoms with Gasteiger partial charge in [0.05, 0.1) is 12.7 Å². The number of amides is 1. The SMILES string of the molecule is CNC(=O)c1nn(CC2(c3ccc4cc(C)ccc4c3)CCCC2)cc(O)c1=O. The number of nitrogens with zero attached hydrogens (tertiary/aromatic N) is 2. The van der Waals surface area contributed by atoms with E-state index in [1.807, 2.05) is 0 Å². The van der Waals surface area contributed by atoms with Gasteiger partial charge in [0, 0.05) is 12.5 Å². The third kappa shape index (κ3) is 3.50. The lowest BCUT2D eigenvalue weighted by Crippen LogP contribution is -2.33. The van der Waals surface area contributed by atoms with Crippen LogP contribution in [0.15, 0.2) is 47.4 Å². The minimum atomic E-state index is -0.748. The zero-order chi connectivity index (χ0) is 20.6. The van der Waals surface area contributed by atoms with Crippen LogP contribution in [0.3, 0.4) is 0 Å². The Morgan fingerprint density at radius 2 is 1.86 bits per heavy atom. The Morgan fingerprint density at radius 3 is 2.59 bits per heavy atom. The summed E-state index contributed by atoms with van der Waals surface area (Å²) in [6.07, 6.45) is 5.54. The van der Waals surface area contributed by atoms with Crippen LogP contribution in [-0.2, 0) is 12.0 Å². The first kappa shape index (κ1) is 19.2. The molecule has 3 aromatic rings. The Bertz CT molecular complexity index is 1140. The average molecular weight is 391 g/mol. The molecule has 0 radical (unpaired) electrons. The molecule has 1 amide bonds. The number of rotatable bonds is 4. The largest absolute Gasteiger partial charge is 0.503 e. The van der Waals surface area contributed by atoms with Crippen LogP contribution in [0.1, 0.15) is 47.3 Å². The first-order valence-corrected chi connectivity index (χ1v) is 9.96. The number of carbonyl (C=O) groups excluding carboxylic acids is 1. The molecular weight excluding hydrogens is 366 g/mol. The van der Waals surface area contributed by atoms with Gasteiger partial charge in [-0.2, -0.15) is 5.10 Å². The second-order valence-corrected chi connectivity index (χ2v) is 8.02. The van der Waals surface area contributed by atoms with Gasteiger partial charge in [-0.3, -0.25) is 14.3 Å². The van der Waals surface area contributed by atoms with E-state index in [9.17, 15) is 14.7 Å². The highest BCUT2D eigenvalue weighted by Gasteiger charge is 2.36. The molecule has 2 aromatic carbocycles. The number of benzene rings is 2. The van der Waals surface area contributed by atoms with Gasteiger partial charge in [-0.1, -0.05) is 54.8 Å². The molecule has 1 saturated carbocycles. The van der Waals surface area contributed by atoms with E-state index < -0.39 is 17.1 Å². The van der Waals surface area contributed by atoms with Gasteiger partial charge in [-0.15, -0.1) is 0 Å². The zero-order valence-electron chi connectivity index (χ0n) is 16.7. The van der Waals surface area contributed by atoms with Crippen molar-refractivity contribution in [3.8, 4) is 5.75 Å². The minimum Gasteiger partial charge on any atom is -0.503 e. The van der Waals surface area contributed by atoms with Crippen molar-refractivity contribution in [2.45, 2.75) is 44.6 Å². The lowest BCUT2D eigenvalue weighted by Gasteiger charge is -2.30. The second-order valence-electron chi connectivity index (χ2n) is 8.02. The summed E-state index contributed by atoms with van der Waals surface area (Å²) in [6.45, 7) is 2.59. The third-order valence-electron chi connectivity index (χ3n) is 6.02. The van der Waals surface area contributed by atoms with Gasteiger partial charge >= 0.3 is 0 Å². The summed E-state index contributed by atoms with van der Waals surface area (Å²) in [6, 6.07) is 13.0. The molecule has 1 fully saturated rings. The van der Waals surface area contributed by atoms with Crippen molar-refractivity contribution in [1.29, 1.82) is 0 Å². The molecule has 150 valence electrons. The van der Waals surface area contributed by atoms with E-state index in [0.717, 1.165) is 25.7 Å². The molecule has 0 unspecified atom stereocenters. The number of fused-ring (bicyclic) bond motifs is 1. The van der Waals surface area contributed by atoms with Crippen LogP contribution in [0.2, 0.25) is 0 Å². The molecule has 2 N–H and O–H groups in total. The molecule has 0 bridgehead atoms. The van der Waals surface area contributed by atoms with Crippen molar-refractivity contribution < 1.29 is 9.90 Å². The monoisotopic (exact) mass is 391 g/mol. The molecule has 6 heteroatoms. The normalized spacial score (nSPS) is 15.5. The van der Waals surface area contributed by atoms with Gasteiger partial charge in [-0.25, -0.2) is 0 Å². The number of aromatic nitrogens is 2.